The summed E-state index contributed by atoms with van der Waals surface area (Å²) in [5, 5.41) is 11.0. The molecule has 1 atom stereocenters. The van der Waals surface area contributed by atoms with Crippen LogP contribution in [0.2, 0.25) is 0 Å². The topological polar surface area (TPSA) is 167 Å². The van der Waals surface area contributed by atoms with Crippen molar-refractivity contribution in [3.05, 3.63) is 60.0 Å². The Labute approximate surface area is 216 Å². The molecule has 4 aromatic heterocycles. The molecular weight excluding hydrogens is 518 g/mol. The van der Waals surface area contributed by atoms with E-state index >= 15 is 0 Å². The van der Waals surface area contributed by atoms with Crippen molar-refractivity contribution in [3.8, 4) is 16.5 Å². The minimum atomic E-state index is -3.45. The van der Waals surface area contributed by atoms with E-state index in [2.05, 4.69) is 40.2 Å². The summed E-state index contributed by atoms with van der Waals surface area (Å²) < 4.78 is 32.8. The molecule has 1 amide bonds. The first kappa shape index (κ1) is 24.7. The lowest BCUT2D eigenvalue weighted by Gasteiger charge is -2.18. The lowest BCUT2D eigenvalue weighted by Crippen LogP contribution is -2.32. The Morgan fingerprint density at radius 1 is 1.19 bits per heavy atom. The highest BCUT2D eigenvalue weighted by Gasteiger charge is 2.35. The molecular formula is C22H23N9O4S2. The highest BCUT2D eigenvalue weighted by molar-refractivity contribution is 7.93. The third kappa shape index (κ3) is 6.06. The number of anilines is 1. The number of nitrogens with zero attached hydrogens (tertiary/aromatic N) is 7. The summed E-state index contributed by atoms with van der Waals surface area (Å²) in [4.78, 5) is 32.4. The average Bonchev–Trinajstić information content (AvgIpc) is 3.42. The molecule has 0 aliphatic heterocycles. The minimum Gasteiger partial charge on any atom is -0.477 e. The summed E-state index contributed by atoms with van der Waals surface area (Å²) in [5.41, 5.74) is 1.35. The molecule has 2 N–H and O–H groups in total. The molecule has 13 nitrogen and oxygen atoms in total. The van der Waals surface area contributed by atoms with E-state index in [9.17, 15) is 13.2 Å². The highest BCUT2D eigenvalue weighted by Crippen LogP contribution is 2.30. The van der Waals surface area contributed by atoms with E-state index in [-0.39, 0.29) is 16.8 Å². The van der Waals surface area contributed by atoms with E-state index in [1.54, 1.807) is 24.5 Å². The fourth-order valence-electron chi connectivity index (χ4n) is 3.44. The minimum absolute atomic E-state index is 0.171. The number of amides is 1. The molecule has 37 heavy (non-hydrogen) atoms. The van der Waals surface area contributed by atoms with Crippen LogP contribution < -0.4 is 14.8 Å². The van der Waals surface area contributed by atoms with Gasteiger partial charge in [-0.3, -0.25) is 19.5 Å². The monoisotopic (exact) mass is 541 g/mol. The fourth-order valence-corrected chi connectivity index (χ4v) is 5.60. The Morgan fingerprint density at radius 2 is 2.00 bits per heavy atom. The van der Waals surface area contributed by atoms with Gasteiger partial charge in [0.05, 0.1) is 65.5 Å². The Bertz CT molecular complexity index is 1490. The summed E-state index contributed by atoms with van der Waals surface area (Å²) in [6.07, 6.45) is 10.5. The Hall–Kier alpha value is -3.98. The van der Waals surface area contributed by atoms with Crippen LogP contribution in [0.25, 0.3) is 10.6 Å². The Kier molecular flexibility index (Phi) is 7.05. The molecule has 1 fully saturated rings. The van der Waals surface area contributed by atoms with Gasteiger partial charge >= 0.3 is 0 Å². The molecule has 0 unspecified atom stereocenters. The zero-order valence-corrected chi connectivity index (χ0v) is 21.3. The average molecular weight is 542 g/mol. The maximum Gasteiger partial charge on any atom is 0.280 e. The van der Waals surface area contributed by atoms with Gasteiger partial charge in [-0.1, -0.05) is 0 Å². The van der Waals surface area contributed by atoms with Gasteiger partial charge in [-0.15, -0.1) is 11.3 Å². The first-order valence-electron chi connectivity index (χ1n) is 11.4. The number of rotatable bonds is 11. The largest absolute Gasteiger partial charge is 0.477 e. The van der Waals surface area contributed by atoms with Crippen molar-refractivity contribution in [3.63, 3.8) is 0 Å². The standard InChI is InChI=1S/C22H23N9O4S2/c1-2-35-20-12-23-10-17(28-20)19-11-25-22(36-19)21(32)29-18(13-31-26-7-8-27-31)16-9-14(5-6-24-16)30-37(33,34)15-3-4-15/h5-12,15,18H,2-4,13H2,1H3,(H,24,30)(H,29,32)/t18-/m1/s1. The lowest BCUT2D eigenvalue weighted by atomic mass is 10.1. The van der Waals surface area contributed by atoms with Crippen molar-refractivity contribution in [1.82, 2.24) is 40.2 Å². The predicted octanol–water partition coefficient (Wildman–Crippen LogP) is 2.06. The zero-order chi connectivity index (χ0) is 25.8. The van der Waals surface area contributed by atoms with Crippen molar-refractivity contribution >= 4 is 33.0 Å². The maximum atomic E-state index is 13.2. The van der Waals surface area contributed by atoms with Gasteiger partial charge in [0.2, 0.25) is 15.9 Å². The lowest BCUT2D eigenvalue weighted by molar-refractivity contribution is 0.0929. The van der Waals surface area contributed by atoms with Crippen LogP contribution in [0.4, 0.5) is 5.69 Å². The van der Waals surface area contributed by atoms with Crippen molar-refractivity contribution in [2.24, 2.45) is 0 Å². The number of pyridine rings is 1. The molecule has 0 radical (unpaired) electrons. The van der Waals surface area contributed by atoms with Gasteiger partial charge in [0.15, 0.2) is 5.01 Å². The van der Waals surface area contributed by atoms with Crippen LogP contribution in [-0.4, -0.2) is 61.1 Å². The van der Waals surface area contributed by atoms with Crippen molar-refractivity contribution in [2.75, 3.05) is 11.3 Å². The van der Waals surface area contributed by atoms with Gasteiger partial charge in [-0.25, -0.2) is 18.4 Å². The van der Waals surface area contributed by atoms with Gasteiger partial charge in [0, 0.05) is 12.4 Å². The molecule has 5 rings (SSSR count). The quantitative estimate of drug-likeness (QED) is 0.287. The van der Waals surface area contributed by atoms with Gasteiger partial charge in [-0.2, -0.15) is 15.0 Å². The van der Waals surface area contributed by atoms with Gasteiger partial charge in [0.25, 0.3) is 5.91 Å². The van der Waals surface area contributed by atoms with Gasteiger partial charge in [0.1, 0.15) is 5.69 Å². The first-order chi connectivity index (χ1) is 17.9. The number of nitrogens with one attached hydrogen (secondary N) is 2. The molecule has 0 saturated heterocycles. The maximum absolute atomic E-state index is 13.2. The van der Waals surface area contributed by atoms with E-state index < -0.39 is 22.0 Å². The zero-order valence-electron chi connectivity index (χ0n) is 19.7. The second-order valence-electron chi connectivity index (χ2n) is 8.13. The number of thiazole rings is 1. The third-order valence-electron chi connectivity index (χ3n) is 5.34. The molecule has 15 heteroatoms. The normalized spacial score (nSPS) is 14.2. The summed E-state index contributed by atoms with van der Waals surface area (Å²) >= 11 is 1.16. The van der Waals surface area contributed by atoms with E-state index in [1.165, 1.54) is 29.6 Å². The van der Waals surface area contributed by atoms with Crippen LogP contribution in [0.3, 0.4) is 0 Å². The molecule has 1 saturated carbocycles. The summed E-state index contributed by atoms with van der Waals surface area (Å²) in [5.74, 6) is -0.0532. The van der Waals surface area contributed by atoms with Crippen molar-refractivity contribution in [2.45, 2.75) is 37.6 Å². The smallest absolute Gasteiger partial charge is 0.280 e. The molecule has 1 aliphatic carbocycles. The van der Waals surface area contributed by atoms with E-state index in [0.29, 0.717) is 47.3 Å². The van der Waals surface area contributed by atoms with Crippen LogP contribution in [0.1, 0.15) is 41.3 Å². The molecule has 192 valence electrons. The number of hydrogen-bond donors (Lipinski definition) is 2. The summed E-state index contributed by atoms with van der Waals surface area (Å²) in [7, 11) is -3.45. The highest BCUT2D eigenvalue weighted by atomic mass is 32.2. The van der Waals surface area contributed by atoms with Crippen LogP contribution in [0.15, 0.2) is 49.3 Å². The molecule has 0 aromatic carbocycles. The van der Waals surface area contributed by atoms with Gasteiger partial charge < -0.3 is 10.1 Å². The molecule has 0 spiro atoms. The molecule has 4 aromatic rings. The van der Waals surface area contributed by atoms with Gasteiger partial charge in [-0.05, 0) is 31.9 Å². The van der Waals surface area contributed by atoms with Crippen LogP contribution >= 0.6 is 11.3 Å². The summed E-state index contributed by atoms with van der Waals surface area (Å²) in [6.45, 7) is 2.48. The Morgan fingerprint density at radius 3 is 2.76 bits per heavy atom. The first-order valence-corrected chi connectivity index (χ1v) is 13.8. The second kappa shape index (κ2) is 10.6. The van der Waals surface area contributed by atoms with E-state index in [4.69, 9.17) is 4.74 Å². The third-order valence-corrected chi connectivity index (χ3v) is 8.22. The Balaban J connectivity index is 1.36. The number of carbonyl (C=O) groups is 1. The van der Waals surface area contributed by atoms with Crippen molar-refractivity contribution in [1.29, 1.82) is 0 Å². The van der Waals surface area contributed by atoms with E-state index in [1.807, 2.05) is 6.92 Å². The van der Waals surface area contributed by atoms with Crippen molar-refractivity contribution < 1.29 is 17.9 Å². The second-order valence-corrected chi connectivity index (χ2v) is 11.1. The number of sulfonamides is 1. The number of hydrogen-bond acceptors (Lipinski definition) is 11. The fraction of sp³-hybridized carbons (Fsp3) is 0.318. The molecule has 4 heterocycles. The van der Waals surface area contributed by atoms with Crippen LogP contribution in [-0.2, 0) is 16.6 Å². The van der Waals surface area contributed by atoms with Crippen LogP contribution in [0.5, 0.6) is 5.88 Å². The summed E-state index contributed by atoms with van der Waals surface area (Å²) in [6, 6.07) is 2.49. The van der Waals surface area contributed by atoms with E-state index in [0.717, 1.165) is 11.3 Å². The number of aromatic nitrogens is 7. The number of ether oxygens (including phenoxy) is 1. The molecule has 1 aliphatic rings. The van der Waals surface area contributed by atoms with Crippen LogP contribution in [0, 0.1) is 0 Å². The SMILES string of the molecule is CCOc1cncc(-c2cnc(C(=O)N[C@H](Cn3nccn3)c3cc(NS(=O)(=O)C4CC4)ccn3)s2)n1. The number of carbonyl (C=O) groups excluding carboxylic acids is 1. The predicted molar refractivity (Wildman–Crippen MR) is 134 cm³/mol. The molecule has 0 bridgehead atoms.